The first kappa shape index (κ1) is 12.0. The van der Waals surface area contributed by atoms with Gasteiger partial charge in [-0.2, -0.15) is 0 Å². The second kappa shape index (κ2) is 5.25. The number of hydrogen-bond donors (Lipinski definition) is 2. The molecule has 1 heterocycles. The summed E-state index contributed by atoms with van der Waals surface area (Å²) in [6, 6.07) is 8.80. The van der Waals surface area contributed by atoms with Crippen LogP contribution in [0.4, 0.5) is 5.69 Å². The predicted octanol–water partition coefficient (Wildman–Crippen LogP) is 3.50. The molecule has 2 N–H and O–H groups in total. The summed E-state index contributed by atoms with van der Waals surface area (Å²) in [5, 5.41) is 3.49. The monoisotopic (exact) mass is 268 g/mol. The van der Waals surface area contributed by atoms with Crippen molar-refractivity contribution in [2.24, 2.45) is 0 Å². The van der Waals surface area contributed by atoms with Gasteiger partial charge in [-0.05, 0) is 24.3 Å². The van der Waals surface area contributed by atoms with Gasteiger partial charge in [-0.1, -0.05) is 29.3 Å². The molecule has 1 aromatic carbocycles. The Morgan fingerprint density at radius 3 is 2.76 bits per heavy atom. The van der Waals surface area contributed by atoms with Crippen molar-refractivity contribution in [3.8, 4) is 0 Å². The summed E-state index contributed by atoms with van der Waals surface area (Å²) < 4.78 is 0. The van der Waals surface area contributed by atoms with Gasteiger partial charge in [-0.25, -0.2) is 0 Å². The maximum Gasteiger partial charge on any atom is 0.230 e. The number of rotatable bonds is 3. The first-order chi connectivity index (χ1) is 8.16. The van der Waals surface area contributed by atoms with Gasteiger partial charge in [0.15, 0.2) is 0 Å². The Kier molecular flexibility index (Phi) is 3.71. The minimum Gasteiger partial charge on any atom is -0.365 e. The fraction of sp³-hybridized carbons (Fsp3) is 0.0833. The van der Waals surface area contributed by atoms with E-state index in [1.807, 2.05) is 12.1 Å². The van der Waals surface area contributed by atoms with Crippen LogP contribution in [0.25, 0.3) is 0 Å². The summed E-state index contributed by atoms with van der Waals surface area (Å²) in [5.74, 6) is -0.142. The average Bonchev–Trinajstić information content (AvgIpc) is 2.77. The number of anilines is 1. The van der Waals surface area contributed by atoms with Gasteiger partial charge in [-0.15, -0.1) is 0 Å². The maximum atomic E-state index is 11.7. The Labute approximate surface area is 109 Å². The first-order valence-electron chi connectivity index (χ1n) is 5.03. The van der Waals surface area contributed by atoms with Crippen molar-refractivity contribution < 1.29 is 4.79 Å². The van der Waals surface area contributed by atoms with Gasteiger partial charge >= 0.3 is 0 Å². The summed E-state index contributed by atoms with van der Waals surface area (Å²) in [6.45, 7) is 0. The van der Waals surface area contributed by atoms with Crippen molar-refractivity contribution in [2.45, 2.75) is 6.42 Å². The van der Waals surface area contributed by atoms with Crippen LogP contribution in [0.3, 0.4) is 0 Å². The van der Waals surface area contributed by atoms with E-state index in [-0.39, 0.29) is 12.3 Å². The number of H-pyrrole nitrogens is 1. The van der Waals surface area contributed by atoms with Crippen LogP contribution < -0.4 is 5.32 Å². The lowest BCUT2D eigenvalue weighted by molar-refractivity contribution is -0.115. The number of aromatic amines is 1. The lowest BCUT2D eigenvalue weighted by atomic mass is 10.2. The van der Waals surface area contributed by atoms with Crippen LogP contribution in [-0.4, -0.2) is 10.9 Å². The van der Waals surface area contributed by atoms with Gasteiger partial charge in [0.25, 0.3) is 0 Å². The van der Waals surface area contributed by atoms with Crippen molar-refractivity contribution >= 4 is 34.8 Å². The molecule has 0 bridgehead atoms. The smallest absolute Gasteiger partial charge is 0.230 e. The number of hydrogen-bond acceptors (Lipinski definition) is 1. The van der Waals surface area contributed by atoms with E-state index < -0.39 is 0 Å². The van der Waals surface area contributed by atoms with Gasteiger partial charge in [0.2, 0.25) is 5.91 Å². The molecule has 3 nitrogen and oxygen atoms in total. The lowest BCUT2D eigenvalue weighted by Crippen LogP contribution is -2.14. The molecule has 0 aliphatic heterocycles. The summed E-state index contributed by atoms with van der Waals surface area (Å²) in [6.07, 6.45) is 2.05. The predicted molar refractivity (Wildman–Crippen MR) is 69.6 cm³/mol. The highest BCUT2D eigenvalue weighted by molar-refractivity contribution is 6.43. The molecule has 88 valence electrons. The lowest BCUT2D eigenvalue weighted by Gasteiger charge is -2.07. The quantitative estimate of drug-likeness (QED) is 0.880. The highest BCUT2D eigenvalue weighted by Gasteiger charge is 2.08. The van der Waals surface area contributed by atoms with Crippen LogP contribution in [-0.2, 0) is 11.2 Å². The van der Waals surface area contributed by atoms with E-state index in [4.69, 9.17) is 23.2 Å². The van der Waals surface area contributed by atoms with E-state index >= 15 is 0 Å². The molecular weight excluding hydrogens is 259 g/mol. The van der Waals surface area contributed by atoms with Gasteiger partial charge in [-0.3, -0.25) is 4.79 Å². The number of carbonyl (C=O) groups excluding carboxylic acids is 1. The molecule has 0 saturated heterocycles. The molecule has 2 aromatic rings. The first-order valence-corrected chi connectivity index (χ1v) is 5.78. The fourth-order valence-electron chi connectivity index (χ4n) is 1.45. The minimum atomic E-state index is -0.142. The van der Waals surface area contributed by atoms with E-state index in [0.717, 1.165) is 5.69 Å². The molecule has 2 rings (SSSR count). The molecule has 1 aromatic heterocycles. The Hall–Kier alpha value is -1.45. The van der Waals surface area contributed by atoms with Crippen molar-refractivity contribution in [1.82, 2.24) is 4.98 Å². The number of aromatic nitrogens is 1. The molecule has 1 amide bonds. The maximum absolute atomic E-state index is 11.7. The fourth-order valence-corrected chi connectivity index (χ4v) is 1.79. The van der Waals surface area contributed by atoms with Crippen LogP contribution in [0.5, 0.6) is 0 Å². The van der Waals surface area contributed by atoms with Crippen LogP contribution in [0.1, 0.15) is 5.69 Å². The van der Waals surface area contributed by atoms with Crippen LogP contribution in [0, 0.1) is 0 Å². The third-order valence-electron chi connectivity index (χ3n) is 2.24. The molecular formula is C12H10Cl2N2O. The highest BCUT2D eigenvalue weighted by atomic mass is 35.5. The summed E-state index contributed by atoms with van der Waals surface area (Å²) in [5.41, 5.74) is 1.37. The minimum absolute atomic E-state index is 0.142. The molecule has 0 atom stereocenters. The zero-order chi connectivity index (χ0) is 12.3. The Morgan fingerprint density at radius 1 is 1.24 bits per heavy atom. The van der Waals surface area contributed by atoms with Crippen molar-refractivity contribution in [2.75, 3.05) is 5.32 Å². The summed E-state index contributed by atoms with van der Waals surface area (Å²) in [7, 11) is 0. The standard InChI is InChI=1S/C12H10Cl2N2O/c13-9-4-1-5-10(12(9)14)16-11(17)7-8-3-2-6-15-8/h1-6,15H,7H2,(H,16,17). The number of amides is 1. The third-order valence-corrected chi connectivity index (χ3v) is 3.06. The zero-order valence-corrected chi connectivity index (χ0v) is 10.3. The topological polar surface area (TPSA) is 44.9 Å². The summed E-state index contributed by atoms with van der Waals surface area (Å²) in [4.78, 5) is 14.7. The van der Waals surface area contributed by atoms with Crippen molar-refractivity contribution in [1.29, 1.82) is 0 Å². The number of halogens is 2. The summed E-state index contributed by atoms with van der Waals surface area (Å²) >= 11 is 11.8. The van der Waals surface area contributed by atoms with Crippen molar-refractivity contribution in [3.05, 3.63) is 52.3 Å². The second-order valence-corrected chi connectivity index (χ2v) is 4.31. The molecule has 0 aliphatic carbocycles. The van der Waals surface area contributed by atoms with E-state index in [1.54, 1.807) is 24.4 Å². The molecule has 17 heavy (non-hydrogen) atoms. The molecule has 0 fully saturated rings. The van der Waals surface area contributed by atoms with Crippen LogP contribution in [0.2, 0.25) is 10.0 Å². The van der Waals surface area contributed by atoms with E-state index in [2.05, 4.69) is 10.3 Å². The SMILES string of the molecule is O=C(Cc1ccc[nH]1)Nc1cccc(Cl)c1Cl. The molecule has 0 unspecified atom stereocenters. The van der Waals surface area contributed by atoms with Crippen molar-refractivity contribution in [3.63, 3.8) is 0 Å². The number of nitrogens with one attached hydrogen (secondary N) is 2. The Bertz CT molecular complexity index is 523. The Balaban J connectivity index is 2.06. The molecule has 5 heteroatoms. The van der Waals surface area contributed by atoms with Crippen LogP contribution >= 0.6 is 23.2 Å². The zero-order valence-electron chi connectivity index (χ0n) is 8.84. The highest BCUT2D eigenvalue weighted by Crippen LogP contribution is 2.29. The van der Waals surface area contributed by atoms with E-state index in [9.17, 15) is 4.79 Å². The van der Waals surface area contributed by atoms with E-state index in [0.29, 0.717) is 15.7 Å². The van der Waals surface area contributed by atoms with Gasteiger partial charge < -0.3 is 10.3 Å². The molecule has 0 aliphatic rings. The van der Waals surface area contributed by atoms with Gasteiger partial charge in [0, 0.05) is 11.9 Å². The molecule has 0 spiro atoms. The normalized spacial score (nSPS) is 10.2. The second-order valence-electron chi connectivity index (χ2n) is 3.52. The van der Waals surface area contributed by atoms with E-state index in [1.165, 1.54) is 0 Å². The largest absolute Gasteiger partial charge is 0.365 e. The third kappa shape index (κ3) is 3.02. The molecule has 0 saturated carbocycles. The van der Waals surface area contributed by atoms with Gasteiger partial charge in [0.05, 0.1) is 22.2 Å². The molecule has 0 radical (unpaired) electrons. The van der Waals surface area contributed by atoms with Gasteiger partial charge in [0.1, 0.15) is 0 Å². The Morgan fingerprint density at radius 2 is 2.06 bits per heavy atom. The van der Waals surface area contributed by atoms with Crippen LogP contribution in [0.15, 0.2) is 36.5 Å². The number of benzene rings is 1. The number of carbonyl (C=O) groups is 1. The average molecular weight is 269 g/mol.